The molecule has 2 heterocycles. The first-order chi connectivity index (χ1) is 8.78. The van der Waals surface area contributed by atoms with E-state index in [1.165, 1.54) is 0 Å². The second-order valence-electron chi connectivity index (χ2n) is 4.42. The molecular formula is C12H21N5O. The highest BCUT2D eigenvalue weighted by atomic mass is 16.5. The molecule has 2 rings (SSSR count). The Hall–Kier alpha value is -1.27. The Balaban J connectivity index is 2.09. The Bertz CT molecular complexity index is 398. The molecule has 0 spiro atoms. The zero-order chi connectivity index (χ0) is 13.0. The molecule has 6 heteroatoms. The first-order valence-electron chi connectivity index (χ1n) is 6.51. The van der Waals surface area contributed by atoms with Crippen LogP contribution in [0.1, 0.15) is 25.2 Å². The largest absolute Gasteiger partial charge is 0.378 e. The van der Waals surface area contributed by atoms with E-state index >= 15 is 0 Å². The van der Waals surface area contributed by atoms with Crippen molar-refractivity contribution < 1.29 is 4.74 Å². The van der Waals surface area contributed by atoms with E-state index in [1.54, 1.807) is 7.11 Å². The summed E-state index contributed by atoms with van der Waals surface area (Å²) < 4.78 is 5.40. The molecule has 1 fully saturated rings. The highest BCUT2D eigenvalue weighted by molar-refractivity contribution is 5.28. The van der Waals surface area contributed by atoms with Crippen LogP contribution in [0.3, 0.4) is 0 Å². The molecule has 0 aromatic carbocycles. The van der Waals surface area contributed by atoms with Crippen LogP contribution in [0.15, 0.2) is 0 Å². The van der Waals surface area contributed by atoms with Crippen molar-refractivity contribution in [1.29, 1.82) is 0 Å². The second kappa shape index (κ2) is 6.06. The summed E-state index contributed by atoms with van der Waals surface area (Å²) >= 11 is 0. The Labute approximate surface area is 108 Å². The van der Waals surface area contributed by atoms with E-state index in [1.807, 2.05) is 0 Å². The monoisotopic (exact) mass is 251 g/mol. The molecule has 2 atom stereocenters. The van der Waals surface area contributed by atoms with Gasteiger partial charge in [0.15, 0.2) is 0 Å². The first kappa shape index (κ1) is 13.2. The van der Waals surface area contributed by atoms with Crippen LogP contribution in [0.2, 0.25) is 0 Å². The summed E-state index contributed by atoms with van der Waals surface area (Å²) in [6.45, 7) is 5.87. The van der Waals surface area contributed by atoms with Gasteiger partial charge in [0.05, 0.1) is 23.5 Å². The third kappa shape index (κ3) is 2.76. The normalized spacial score (nSPS) is 23.3. The summed E-state index contributed by atoms with van der Waals surface area (Å²) in [4.78, 5) is 4.53. The van der Waals surface area contributed by atoms with Crippen molar-refractivity contribution in [3.63, 3.8) is 0 Å². The zero-order valence-corrected chi connectivity index (χ0v) is 11.2. The maximum Gasteiger partial charge on any atom is 0.243 e. The zero-order valence-electron chi connectivity index (χ0n) is 11.2. The summed E-state index contributed by atoms with van der Waals surface area (Å²) in [7, 11) is 1.73. The van der Waals surface area contributed by atoms with Crippen LogP contribution in [-0.2, 0) is 17.6 Å². The molecule has 0 saturated carbocycles. The lowest BCUT2D eigenvalue weighted by atomic mass is 10.2. The highest BCUT2D eigenvalue weighted by Crippen LogP contribution is 2.11. The van der Waals surface area contributed by atoms with Gasteiger partial charge < -0.3 is 15.4 Å². The van der Waals surface area contributed by atoms with E-state index in [-0.39, 0.29) is 12.1 Å². The van der Waals surface area contributed by atoms with Crippen molar-refractivity contribution in [3.05, 3.63) is 11.4 Å². The van der Waals surface area contributed by atoms with Gasteiger partial charge in [-0.2, -0.15) is 5.10 Å². The van der Waals surface area contributed by atoms with Crippen LogP contribution in [0.25, 0.3) is 0 Å². The molecule has 18 heavy (non-hydrogen) atoms. The molecule has 6 nitrogen and oxygen atoms in total. The highest BCUT2D eigenvalue weighted by Gasteiger charge is 2.27. The number of hydrogen-bond acceptors (Lipinski definition) is 6. The van der Waals surface area contributed by atoms with Crippen LogP contribution in [0, 0.1) is 0 Å². The number of rotatable bonds is 5. The van der Waals surface area contributed by atoms with Crippen LogP contribution in [0.5, 0.6) is 0 Å². The Morgan fingerprint density at radius 1 is 1.22 bits per heavy atom. The van der Waals surface area contributed by atoms with Crippen LogP contribution < -0.4 is 10.6 Å². The van der Waals surface area contributed by atoms with E-state index in [4.69, 9.17) is 4.74 Å². The van der Waals surface area contributed by atoms with E-state index in [0.717, 1.165) is 37.3 Å². The van der Waals surface area contributed by atoms with E-state index in [0.29, 0.717) is 5.95 Å². The minimum Gasteiger partial charge on any atom is -0.378 e. The Morgan fingerprint density at radius 3 is 2.67 bits per heavy atom. The predicted molar refractivity (Wildman–Crippen MR) is 69.7 cm³/mol. The lowest BCUT2D eigenvalue weighted by Crippen LogP contribution is -2.34. The number of nitrogens with zero attached hydrogens (tertiary/aromatic N) is 3. The van der Waals surface area contributed by atoms with Gasteiger partial charge in [0.25, 0.3) is 0 Å². The molecule has 1 aromatic heterocycles. The number of methoxy groups -OCH3 is 1. The molecule has 1 aliphatic rings. The molecule has 0 amide bonds. The molecule has 100 valence electrons. The molecule has 1 saturated heterocycles. The molecule has 0 bridgehead atoms. The smallest absolute Gasteiger partial charge is 0.243 e. The van der Waals surface area contributed by atoms with Crippen molar-refractivity contribution >= 4 is 5.95 Å². The van der Waals surface area contributed by atoms with Gasteiger partial charge in [-0.25, -0.2) is 4.98 Å². The fourth-order valence-electron chi connectivity index (χ4n) is 2.21. The van der Waals surface area contributed by atoms with Gasteiger partial charge in [-0.15, -0.1) is 5.10 Å². The van der Waals surface area contributed by atoms with Crippen LogP contribution in [0.4, 0.5) is 5.95 Å². The van der Waals surface area contributed by atoms with Crippen molar-refractivity contribution in [2.45, 2.75) is 38.8 Å². The summed E-state index contributed by atoms with van der Waals surface area (Å²) in [5, 5.41) is 14.9. The molecule has 1 aliphatic heterocycles. The van der Waals surface area contributed by atoms with Gasteiger partial charge in [0, 0.05) is 20.2 Å². The minimum absolute atomic E-state index is 0.157. The van der Waals surface area contributed by atoms with Crippen molar-refractivity contribution in [1.82, 2.24) is 20.5 Å². The van der Waals surface area contributed by atoms with Gasteiger partial charge >= 0.3 is 0 Å². The topological polar surface area (TPSA) is 72.0 Å². The summed E-state index contributed by atoms with van der Waals surface area (Å²) in [6, 6.07) is 0.203. The average molecular weight is 251 g/mol. The Kier molecular flexibility index (Phi) is 4.43. The minimum atomic E-state index is 0.157. The van der Waals surface area contributed by atoms with Gasteiger partial charge in [-0.05, 0) is 12.8 Å². The number of aromatic nitrogens is 3. The molecule has 0 aliphatic carbocycles. The van der Waals surface area contributed by atoms with Crippen molar-refractivity contribution in [3.8, 4) is 0 Å². The van der Waals surface area contributed by atoms with Crippen LogP contribution in [-0.4, -0.2) is 47.5 Å². The Morgan fingerprint density at radius 2 is 2.00 bits per heavy atom. The van der Waals surface area contributed by atoms with Gasteiger partial charge in [-0.1, -0.05) is 13.8 Å². The third-order valence-corrected chi connectivity index (χ3v) is 3.28. The molecular weight excluding hydrogens is 230 g/mol. The predicted octanol–water partition coefficient (Wildman–Crippen LogP) is 0.395. The summed E-state index contributed by atoms with van der Waals surface area (Å²) in [5.41, 5.74) is 2.01. The van der Waals surface area contributed by atoms with E-state index < -0.39 is 0 Å². The third-order valence-electron chi connectivity index (χ3n) is 3.28. The molecule has 0 radical (unpaired) electrons. The second-order valence-corrected chi connectivity index (χ2v) is 4.42. The number of anilines is 1. The maximum atomic E-state index is 5.40. The van der Waals surface area contributed by atoms with Gasteiger partial charge in [0.1, 0.15) is 0 Å². The number of nitrogens with one attached hydrogen (secondary N) is 2. The molecule has 2 N–H and O–H groups in total. The standard InChI is InChI=1S/C12H21N5O/c1-4-8-9(5-2)16-17-12(14-8)15-10-6-13-7-11(10)18-3/h10-11,13H,4-7H2,1-3H3,(H,14,15,17)/t10?,11-/m0/s1. The number of hydrogen-bond donors (Lipinski definition) is 2. The first-order valence-corrected chi connectivity index (χ1v) is 6.51. The van der Waals surface area contributed by atoms with Gasteiger partial charge in [-0.3, -0.25) is 0 Å². The lowest BCUT2D eigenvalue weighted by molar-refractivity contribution is 0.111. The van der Waals surface area contributed by atoms with E-state index in [2.05, 4.69) is 39.7 Å². The van der Waals surface area contributed by atoms with Crippen LogP contribution >= 0.6 is 0 Å². The summed E-state index contributed by atoms with van der Waals surface area (Å²) in [5.74, 6) is 0.597. The van der Waals surface area contributed by atoms with Gasteiger partial charge in [0.2, 0.25) is 5.95 Å². The SMILES string of the molecule is CCc1nnc(NC2CNC[C@@H]2OC)nc1CC. The van der Waals surface area contributed by atoms with E-state index in [9.17, 15) is 0 Å². The fraction of sp³-hybridized carbons (Fsp3) is 0.750. The molecule has 1 unspecified atom stereocenters. The number of ether oxygens (including phenoxy) is 1. The summed E-state index contributed by atoms with van der Waals surface area (Å²) in [6.07, 6.45) is 1.91. The van der Waals surface area contributed by atoms with Crippen molar-refractivity contribution in [2.24, 2.45) is 0 Å². The molecule has 1 aromatic rings. The average Bonchev–Trinajstić information content (AvgIpc) is 2.85. The fourth-order valence-corrected chi connectivity index (χ4v) is 2.21. The maximum absolute atomic E-state index is 5.40. The quantitative estimate of drug-likeness (QED) is 0.789. The number of aryl methyl sites for hydroxylation is 2. The lowest BCUT2D eigenvalue weighted by Gasteiger charge is -2.18. The van der Waals surface area contributed by atoms with Crippen molar-refractivity contribution in [2.75, 3.05) is 25.5 Å².